The lowest BCUT2D eigenvalue weighted by Crippen LogP contribution is -2.48. The molecular formula is C27H34F2N6O5S. The van der Waals surface area contributed by atoms with Crippen molar-refractivity contribution < 1.29 is 31.5 Å². The van der Waals surface area contributed by atoms with Crippen molar-refractivity contribution in [1.29, 1.82) is 0 Å². The van der Waals surface area contributed by atoms with Crippen LogP contribution in [0.4, 0.5) is 29.7 Å². The highest BCUT2D eigenvalue weighted by molar-refractivity contribution is 7.90. The number of imide groups is 1. The van der Waals surface area contributed by atoms with Crippen LogP contribution < -0.4 is 14.9 Å². The molecule has 3 amide bonds. The number of urea groups is 1. The van der Waals surface area contributed by atoms with E-state index in [4.69, 9.17) is 4.74 Å². The lowest BCUT2D eigenvalue weighted by Gasteiger charge is -2.38. The number of hydrogen-bond donors (Lipinski definition) is 2. The molecule has 0 spiro atoms. The molecule has 0 radical (unpaired) electrons. The molecular weight excluding hydrogens is 558 g/mol. The zero-order valence-electron chi connectivity index (χ0n) is 22.9. The number of anilines is 2. The summed E-state index contributed by atoms with van der Waals surface area (Å²) in [6, 6.07) is 9.27. The standard InChI is InChI=1S/C27H34F2N6O5S/c1-32(2)41(38,39)31-23-5-3-4-6-24(23)33-13-10-20(11-14-33)34-12-9-19(16-34)30-26(36)35-25(17-40-27(35)37)18-7-8-21(28)22(29)15-18/h3-8,15,19-20,25,31H,9-14,16-17H2,1-2H3,(H,30,36)/t19-,25-/m1/s1. The Morgan fingerprint density at radius 1 is 1.02 bits per heavy atom. The van der Waals surface area contributed by atoms with Crippen LogP contribution in [0.15, 0.2) is 42.5 Å². The Hall–Kier alpha value is -3.49. The highest BCUT2D eigenvalue weighted by Gasteiger charge is 2.41. The number of nitrogens with one attached hydrogen (secondary N) is 2. The zero-order valence-corrected chi connectivity index (χ0v) is 23.7. The van der Waals surface area contributed by atoms with Gasteiger partial charge in [0, 0.05) is 52.4 Å². The van der Waals surface area contributed by atoms with Crippen LogP contribution in [-0.4, -0.2) is 93.6 Å². The van der Waals surface area contributed by atoms with Crippen molar-refractivity contribution in [2.45, 2.75) is 37.4 Å². The Kier molecular flexibility index (Phi) is 8.34. The molecule has 2 atom stereocenters. The van der Waals surface area contributed by atoms with E-state index in [1.165, 1.54) is 20.2 Å². The molecule has 41 heavy (non-hydrogen) atoms. The Balaban J connectivity index is 1.16. The minimum Gasteiger partial charge on any atom is -0.446 e. The highest BCUT2D eigenvalue weighted by atomic mass is 32.2. The highest BCUT2D eigenvalue weighted by Crippen LogP contribution is 2.32. The van der Waals surface area contributed by atoms with Crippen LogP contribution in [0.25, 0.3) is 0 Å². The second-order valence-electron chi connectivity index (χ2n) is 10.7. The fourth-order valence-corrected chi connectivity index (χ4v) is 6.26. The number of likely N-dealkylation sites (tertiary alicyclic amines) is 1. The van der Waals surface area contributed by atoms with Crippen LogP contribution in [0, 0.1) is 11.6 Å². The molecule has 3 heterocycles. The Bertz CT molecular complexity index is 1400. The van der Waals surface area contributed by atoms with Gasteiger partial charge in [-0.1, -0.05) is 18.2 Å². The van der Waals surface area contributed by atoms with E-state index in [9.17, 15) is 26.8 Å². The normalized spacial score (nSPS) is 22.3. The Morgan fingerprint density at radius 2 is 1.76 bits per heavy atom. The summed E-state index contributed by atoms with van der Waals surface area (Å²) >= 11 is 0. The lowest BCUT2D eigenvalue weighted by atomic mass is 10.0. The van der Waals surface area contributed by atoms with E-state index in [-0.39, 0.29) is 18.2 Å². The van der Waals surface area contributed by atoms with Crippen molar-refractivity contribution in [2.75, 3.05) is 56.5 Å². The predicted molar refractivity (Wildman–Crippen MR) is 149 cm³/mol. The second-order valence-corrected chi connectivity index (χ2v) is 12.6. The molecule has 2 N–H and O–H groups in total. The first kappa shape index (κ1) is 29.0. The van der Waals surface area contributed by atoms with E-state index >= 15 is 0 Å². The number of carbonyl (C=O) groups is 2. The van der Waals surface area contributed by atoms with Gasteiger partial charge in [0.05, 0.1) is 11.4 Å². The van der Waals surface area contributed by atoms with Crippen LogP contribution in [-0.2, 0) is 14.9 Å². The van der Waals surface area contributed by atoms with E-state index in [1.807, 2.05) is 12.1 Å². The number of amides is 3. The maximum absolute atomic E-state index is 13.8. The predicted octanol–water partition coefficient (Wildman–Crippen LogP) is 3.13. The molecule has 3 aliphatic heterocycles. The van der Waals surface area contributed by atoms with Crippen molar-refractivity contribution in [1.82, 2.24) is 19.4 Å². The molecule has 3 aliphatic rings. The Morgan fingerprint density at radius 3 is 2.46 bits per heavy atom. The molecule has 0 bridgehead atoms. The number of cyclic esters (lactones) is 1. The molecule has 2 aromatic rings. The van der Waals surface area contributed by atoms with Crippen LogP contribution in [0.1, 0.15) is 30.9 Å². The molecule has 0 saturated carbocycles. The lowest BCUT2D eigenvalue weighted by molar-refractivity contribution is 0.156. The monoisotopic (exact) mass is 592 g/mol. The SMILES string of the molecule is CN(C)S(=O)(=O)Nc1ccccc1N1CCC(N2CC[C@@H](NC(=O)N3C(=O)OC[C@@H]3c3ccc(F)c(F)c3)C2)CC1. The van der Waals surface area contributed by atoms with Crippen LogP contribution >= 0.6 is 0 Å². The topological polar surface area (TPSA) is 115 Å². The zero-order chi connectivity index (χ0) is 29.3. The van der Waals surface area contributed by atoms with Gasteiger partial charge in [-0.2, -0.15) is 12.7 Å². The van der Waals surface area contributed by atoms with Gasteiger partial charge in [0.15, 0.2) is 11.6 Å². The number of para-hydroxylation sites is 2. The summed E-state index contributed by atoms with van der Waals surface area (Å²) in [5, 5.41) is 2.92. The number of carbonyl (C=O) groups excluding carboxylic acids is 2. The molecule has 3 saturated heterocycles. The average Bonchev–Trinajstić information content (AvgIpc) is 3.57. The van der Waals surface area contributed by atoms with Crippen molar-refractivity contribution in [3.8, 4) is 0 Å². The van der Waals surface area contributed by atoms with Gasteiger partial charge in [0.1, 0.15) is 12.6 Å². The molecule has 11 nitrogen and oxygen atoms in total. The van der Waals surface area contributed by atoms with Crippen LogP contribution in [0.2, 0.25) is 0 Å². The minimum atomic E-state index is -3.64. The minimum absolute atomic E-state index is 0.133. The number of piperidine rings is 1. The Labute approximate surface area is 238 Å². The molecule has 0 unspecified atom stereocenters. The van der Waals surface area contributed by atoms with Gasteiger partial charge in [0.2, 0.25) is 0 Å². The number of rotatable bonds is 7. The van der Waals surface area contributed by atoms with E-state index in [0.717, 1.165) is 59.5 Å². The van der Waals surface area contributed by atoms with Crippen molar-refractivity contribution >= 4 is 33.7 Å². The summed E-state index contributed by atoms with van der Waals surface area (Å²) in [5.74, 6) is -2.07. The van der Waals surface area contributed by atoms with Crippen LogP contribution in [0.5, 0.6) is 0 Å². The van der Waals surface area contributed by atoms with Crippen molar-refractivity contribution in [2.24, 2.45) is 0 Å². The molecule has 14 heteroatoms. The number of benzene rings is 2. The summed E-state index contributed by atoms with van der Waals surface area (Å²) in [5.41, 5.74) is 1.64. The fourth-order valence-electron chi connectivity index (χ4n) is 5.63. The molecule has 2 aromatic carbocycles. The van der Waals surface area contributed by atoms with Gasteiger partial charge in [-0.3, -0.25) is 9.62 Å². The van der Waals surface area contributed by atoms with E-state index in [2.05, 4.69) is 19.8 Å². The third-order valence-electron chi connectivity index (χ3n) is 7.91. The van der Waals surface area contributed by atoms with Crippen molar-refractivity contribution in [3.63, 3.8) is 0 Å². The van der Waals surface area contributed by atoms with Gasteiger partial charge >= 0.3 is 22.3 Å². The van der Waals surface area contributed by atoms with Gasteiger partial charge in [-0.25, -0.2) is 23.3 Å². The fraction of sp³-hybridized carbons (Fsp3) is 0.481. The van der Waals surface area contributed by atoms with Gasteiger partial charge < -0.3 is 15.0 Å². The quantitative estimate of drug-likeness (QED) is 0.508. The number of ether oxygens (including phenoxy) is 1. The van der Waals surface area contributed by atoms with E-state index < -0.39 is 40.0 Å². The molecule has 222 valence electrons. The van der Waals surface area contributed by atoms with E-state index in [1.54, 1.807) is 12.1 Å². The van der Waals surface area contributed by atoms with Crippen LogP contribution in [0.3, 0.4) is 0 Å². The number of hydrogen-bond acceptors (Lipinski definition) is 7. The first-order chi connectivity index (χ1) is 19.5. The summed E-state index contributed by atoms with van der Waals surface area (Å²) in [6.45, 7) is 2.76. The third-order valence-corrected chi connectivity index (χ3v) is 9.35. The summed E-state index contributed by atoms with van der Waals surface area (Å²) < 4.78 is 60.8. The maximum Gasteiger partial charge on any atom is 0.418 e. The van der Waals surface area contributed by atoms with Gasteiger partial charge in [-0.15, -0.1) is 0 Å². The summed E-state index contributed by atoms with van der Waals surface area (Å²) in [6.07, 6.45) is 1.62. The van der Waals surface area contributed by atoms with Gasteiger partial charge in [-0.05, 0) is 49.1 Å². The summed E-state index contributed by atoms with van der Waals surface area (Å²) in [4.78, 5) is 30.8. The molecule has 0 aliphatic carbocycles. The second kappa shape index (κ2) is 11.8. The number of nitrogens with zero attached hydrogens (tertiary/aromatic N) is 4. The first-order valence-corrected chi connectivity index (χ1v) is 15.0. The van der Waals surface area contributed by atoms with Crippen molar-refractivity contribution in [3.05, 3.63) is 59.7 Å². The smallest absolute Gasteiger partial charge is 0.418 e. The van der Waals surface area contributed by atoms with E-state index in [0.29, 0.717) is 24.7 Å². The average molecular weight is 593 g/mol. The largest absolute Gasteiger partial charge is 0.446 e. The number of halogens is 2. The third kappa shape index (κ3) is 6.23. The first-order valence-electron chi connectivity index (χ1n) is 13.5. The maximum atomic E-state index is 13.8. The molecule has 3 fully saturated rings. The van der Waals surface area contributed by atoms with Gasteiger partial charge in [0.25, 0.3) is 0 Å². The molecule has 0 aromatic heterocycles. The molecule has 5 rings (SSSR count). The summed E-state index contributed by atoms with van der Waals surface area (Å²) in [7, 11) is -0.683.